The number of hydrogen-bond acceptors (Lipinski definition) is 3. The minimum Gasteiger partial charge on any atom is -0.389 e. The Morgan fingerprint density at radius 1 is 1.16 bits per heavy atom. The molecule has 19 heavy (non-hydrogen) atoms. The lowest BCUT2D eigenvalue weighted by atomic mass is 10.1. The minimum absolute atomic E-state index is 0.387. The van der Waals surface area contributed by atoms with Crippen molar-refractivity contribution >= 4 is 5.69 Å². The quantitative estimate of drug-likeness (QED) is 0.904. The van der Waals surface area contributed by atoms with E-state index in [0.29, 0.717) is 6.04 Å². The van der Waals surface area contributed by atoms with E-state index in [1.165, 1.54) is 38.0 Å². The van der Waals surface area contributed by atoms with Crippen LogP contribution in [0.4, 0.5) is 5.69 Å². The Hall–Kier alpha value is -1.06. The standard InChI is InChI=1S/C16H24N2O/c1-13(19)15-6-2-3-7-16(15)18-11-8-14(12-18)17-9-4-5-10-17/h2-3,6-7,13-14,19H,4-5,8-12H2,1H3/t13-,14?/m1/s1. The fourth-order valence-electron chi connectivity index (χ4n) is 3.49. The number of likely N-dealkylation sites (tertiary alicyclic amines) is 1. The zero-order valence-electron chi connectivity index (χ0n) is 11.8. The molecule has 0 saturated carbocycles. The summed E-state index contributed by atoms with van der Waals surface area (Å²) in [7, 11) is 0. The number of benzene rings is 1. The summed E-state index contributed by atoms with van der Waals surface area (Å²) in [6.07, 6.45) is 3.59. The first-order valence-electron chi connectivity index (χ1n) is 7.51. The average Bonchev–Trinajstić information content (AvgIpc) is 3.09. The van der Waals surface area contributed by atoms with Crippen LogP contribution in [0.25, 0.3) is 0 Å². The molecule has 0 aliphatic carbocycles. The molecule has 3 nitrogen and oxygen atoms in total. The Labute approximate surface area is 115 Å². The van der Waals surface area contributed by atoms with E-state index in [1.807, 2.05) is 19.1 Å². The number of para-hydroxylation sites is 1. The molecule has 2 atom stereocenters. The van der Waals surface area contributed by atoms with Crippen molar-refractivity contribution in [1.29, 1.82) is 0 Å². The molecule has 1 N–H and O–H groups in total. The summed E-state index contributed by atoms with van der Waals surface area (Å²) in [6.45, 7) is 6.63. The van der Waals surface area contributed by atoms with Crippen LogP contribution in [0.2, 0.25) is 0 Å². The van der Waals surface area contributed by atoms with Gasteiger partial charge >= 0.3 is 0 Å². The predicted molar refractivity (Wildman–Crippen MR) is 78.5 cm³/mol. The van der Waals surface area contributed by atoms with Crippen molar-refractivity contribution in [3.63, 3.8) is 0 Å². The van der Waals surface area contributed by atoms with Gasteiger partial charge in [-0.3, -0.25) is 4.90 Å². The molecule has 0 spiro atoms. The zero-order chi connectivity index (χ0) is 13.2. The molecule has 104 valence electrons. The molecule has 2 aliphatic rings. The van der Waals surface area contributed by atoms with Crippen LogP contribution in [0.15, 0.2) is 24.3 Å². The number of hydrogen-bond donors (Lipinski definition) is 1. The number of aliphatic hydroxyl groups excluding tert-OH is 1. The van der Waals surface area contributed by atoms with E-state index < -0.39 is 0 Å². The van der Waals surface area contributed by atoms with Crippen molar-refractivity contribution in [1.82, 2.24) is 4.90 Å². The summed E-state index contributed by atoms with van der Waals surface area (Å²) < 4.78 is 0. The fraction of sp³-hybridized carbons (Fsp3) is 0.625. The van der Waals surface area contributed by atoms with Gasteiger partial charge in [-0.1, -0.05) is 18.2 Å². The SMILES string of the molecule is C[C@@H](O)c1ccccc1N1CCC(N2CCCC2)C1. The first-order chi connectivity index (χ1) is 9.25. The summed E-state index contributed by atoms with van der Waals surface area (Å²) >= 11 is 0. The largest absolute Gasteiger partial charge is 0.389 e. The normalized spacial score (nSPS) is 26.0. The summed E-state index contributed by atoms with van der Waals surface area (Å²) in [5.41, 5.74) is 2.28. The van der Waals surface area contributed by atoms with Crippen LogP contribution >= 0.6 is 0 Å². The van der Waals surface area contributed by atoms with Gasteiger partial charge in [0.25, 0.3) is 0 Å². The molecule has 0 amide bonds. The highest BCUT2D eigenvalue weighted by molar-refractivity contribution is 5.55. The van der Waals surface area contributed by atoms with Crippen molar-refractivity contribution < 1.29 is 5.11 Å². The van der Waals surface area contributed by atoms with Gasteiger partial charge in [-0.05, 0) is 45.3 Å². The van der Waals surface area contributed by atoms with Crippen molar-refractivity contribution in [2.75, 3.05) is 31.1 Å². The van der Waals surface area contributed by atoms with Gasteiger partial charge in [0.05, 0.1) is 6.10 Å². The lowest BCUT2D eigenvalue weighted by Gasteiger charge is -2.26. The highest BCUT2D eigenvalue weighted by Gasteiger charge is 2.30. The number of aliphatic hydroxyl groups is 1. The predicted octanol–water partition coefficient (Wildman–Crippen LogP) is 2.41. The molecule has 2 heterocycles. The summed E-state index contributed by atoms with van der Waals surface area (Å²) in [6, 6.07) is 8.99. The Kier molecular flexibility index (Phi) is 3.76. The van der Waals surface area contributed by atoms with E-state index in [1.54, 1.807) is 0 Å². The molecule has 0 bridgehead atoms. The van der Waals surface area contributed by atoms with Crippen LogP contribution in [0.5, 0.6) is 0 Å². The van der Waals surface area contributed by atoms with Crippen LogP contribution in [0.1, 0.15) is 37.9 Å². The van der Waals surface area contributed by atoms with Crippen LogP contribution in [-0.4, -0.2) is 42.2 Å². The van der Waals surface area contributed by atoms with E-state index in [4.69, 9.17) is 0 Å². The molecule has 3 heteroatoms. The fourth-order valence-corrected chi connectivity index (χ4v) is 3.49. The third-order valence-corrected chi connectivity index (χ3v) is 4.55. The second-order valence-corrected chi connectivity index (χ2v) is 5.87. The molecule has 0 aromatic heterocycles. The van der Waals surface area contributed by atoms with Gasteiger partial charge in [0.1, 0.15) is 0 Å². The minimum atomic E-state index is -0.387. The van der Waals surface area contributed by atoms with Gasteiger partial charge in [-0.15, -0.1) is 0 Å². The molecule has 1 aromatic rings. The highest BCUT2D eigenvalue weighted by atomic mass is 16.3. The lowest BCUT2D eigenvalue weighted by molar-refractivity contribution is 0.199. The van der Waals surface area contributed by atoms with Gasteiger partial charge in [0, 0.05) is 30.4 Å². The topological polar surface area (TPSA) is 26.7 Å². The van der Waals surface area contributed by atoms with Crippen LogP contribution in [0.3, 0.4) is 0 Å². The van der Waals surface area contributed by atoms with Gasteiger partial charge in [-0.25, -0.2) is 0 Å². The molecule has 2 saturated heterocycles. The monoisotopic (exact) mass is 260 g/mol. The average molecular weight is 260 g/mol. The molecule has 0 radical (unpaired) electrons. The van der Waals surface area contributed by atoms with Crippen LogP contribution in [0, 0.1) is 0 Å². The number of nitrogens with zero attached hydrogens (tertiary/aromatic N) is 2. The smallest absolute Gasteiger partial charge is 0.0781 e. The van der Waals surface area contributed by atoms with Crippen molar-refractivity contribution in [3.05, 3.63) is 29.8 Å². The van der Waals surface area contributed by atoms with Gasteiger partial charge < -0.3 is 10.0 Å². The Morgan fingerprint density at radius 3 is 2.63 bits per heavy atom. The van der Waals surface area contributed by atoms with E-state index in [0.717, 1.165) is 18.7 Å². The summed E-state index contributed by atoms with van der Waals surface area (Å²) in [5.74, 6) is 0. The molecular weight excluding hydrogens is 236 g/mol. The van der Waals surface area contributed by atoms with Crippen molar-refractivity contribution in [2.24, 2.45) is 0 Å². The molecule has 1 unspecified atom stereocenters. The van der Waals surface area contributed by atoms with Gasteiger partial charge in [-0.2, -0.15) is 0 Å². The van der Waals surface area contributed by atoms with E-state index in [2.05, 4.69) is 21.9 Å². The van der Waals surface area contributed by atoms with Gasteiger partial charge in [0.15, 0.2) is 0 Å². The van der Waals surface area contributed by atoms with Crippen LogP contribution < -0.4 is 4.90 Å². The summed E-state index contributed by atoms with van der Waals surface area (Å²) in [5, 5.41) is 9.91. The Balaban J connectivity index is 1.73. The third kappa shape index (κ3) is 2.63. The maximum absolute atomic E-state index is 9.91. The molecule has 2 fully saturated rings. The van der Waals surface area contributed by atoms with Crippen molar-refractivity contribution in [3.8, 4) is 0 Å². The molecule has 3 rings (SSSR count). The molecular formula is C16H24N2O. The Bertz CT molecular complexity index is 427. The third-order valence-electron chi connectivity index (χ3n) is 4.55. The van der Waals surface area contributed by atoms with E-state index in [-0.39, 0.29) is 6.10 Å². The van der Waals surface area contributed by atoms with Crippen molar-refractivity contribution in [2.45, 2.75) is 38.3 Å². The first-order valence-corrected chi connectivity index (χ1v) is 7.51. The van der Waals surface area contributed by atoms with Crippen LogP contribution in [-0.2, 0) is 0 Å². The van der Waals surface area contributed by atoms with E-state index >= 15 is 0 Å². The second-order valence-electron chi connectivity index (χ2n) is 5.87. The maximum Gasteiger partial charge on any atom is 0.0781 e. The highest BCUT2D eigenvalue weighted by Crippen LogP contribution is 2.30. The maximum atomic E-state index is 9.91. The summed E-state index contributed by atoms with van der Waals surface area (Å²) in [4.78, 5) is 5.09. The molecule has 2 aliphatic heterocycles. The van der Waals surface area contributed by atoms with Gasteiger partial charge in [0.2, 0.25) is 0 Å². The number of rotatable bonds is 3. The lowest BCUT2D eigenvalue weighted by Crippen LogP contribution is -2.35. The Morgan fingerprint density at radius 2 is 1.89 bits per heavy atom. The number of anilines is 1. The molecule has 1 aromatic carbocycles. The van der Waals surface area contributed by atoms with E-state index in [9.17, 15) is 5.11 Å². The zero-order valence-corrected chi connectivity index (χ0v) is 11.8. The second kappa shape index (κ2) is 5.51. The first kappa shape index (κ1) is 12.9.